The van der Waals surface area contributed by atoms with Crippen molar-refractivity contribution in [3.63, 3.8) is 0 Å². The van der Waals surface area contributed by atoms with E-state index in [4.69, 9.17) is 9.29 Å². The predicted octanol–water partition coefficient (Wildman–Crippen LogP) is 13.1. The maximum Gasteiger partial charge on any atom is 0.306 e. The lowest BCUT2D eigenvalue weighted by atomic mass is 9.43. The van der Waals surface area contributed by atoms with E-state index >= 15 is 0 Å². The highest BCUT2D eigenvalue weighted by atomic mass is 32.2. The molecule has 4 saturated carbocycles. The van der Waals surface area contributed by atoms with Crippen LogP contribution in [0.1, 0.15) is 233 Å². The molecule has 0 aromatic rings. The number of carbonyl (C=O) groups is 2. The monoisotopic (exact) mass is 876 g/mol. The number of hydrogen-bond donors (Lipinski definition) is 3. The number of esters is 1. The molecule has 0 spiro atoms. The minimum Gasteiger partial charge on any atom is -0.462 e. The van der Waals surface area contributed by atoms with Crippen molar-refractivity contribution in [2.24, 2.45) is 46.3 Å². The van der Waals surface area contributed by atoms with Crippen LogP contribution in [0, 0.1) is 46.3 Å². The lowest BCUT2D eigenvalue weighted by Gasteiger charge is -2.62. The first-order valence-corrected chi connectivity index (χ1v) is 27.6. The summed E-state index contributed by atoms with van der Waals surface area (Å²) in [6.07, 6.45) is 42.2. The van der Waals surface area contributed by atoms with Gasteiger partial charge < -0.3 is 15.2 Å². The molecule has 0 aromatic heterocycles. The van der Waals surface area contributed by atoms with Gasteiger partial charge in [-0.3, -0.25) is 14.1 Å². The molecule has 61 heavy (non-hydrogen) atoms. The Hall–Kier alpha value is -1.45. The van der Waals surface area contributed by atoms with Crippen molar-refractivity contribution in [1.29, 1.82) is 0 Å². The van der Waals surface area contributed by atoms with E-state index in [1.807, 2.05) is 0 Å². The van der Waals surface area contributed by atoms with Crippen LogP contribution in [0.15, 0.2) is 12.2 Å². The second kappa shape index (κ2) is 27.1. The highest BCUT2D eigenvalue weighted by molar-refractivity contribution is 7.85. The molecule has 4 aliphatic carbocycles. The largest absolute Gasteiger partial charge is 0.462 e. The number of rotatable bonds is 31. The number of nitrogens with one attached hydrogen (secondary N) is 1. The number of fused-ring (bicyclic) bond motifs is 5. The Bertz CT molecular complexity index is 1400. The van der Waals surface area contributed by atoms with E-state index in [0.29, 0.717) is 48.9 Å². The number of allylic oxidation sites excluding steroid dienone is 2. The van der Waals surface area contributed by atoms with Crippen LogP contribution in [0.4, 0.5) is 0 Å². The van der Waals surface area contributed by atoms with Gasteiger partial charge in [-0.05, 0) is 136 Å². The molecule has 4 aliphatic rings. The van der Waals surface area contributed by atoms with Crippen molar-refractivity contribution in [3.8, 4) is 0 Å². The molecule has 354 valence electrons. The first-order chi connectivity index (χ1) is 29.3. The minimum atomic E-state index is -4.10. The smallest absolute Gasteiger partial charge is 0.306 e. The number of aliphatic hydroxyl groups excluding tert-OH is 1. The molecule has 0 radical (unpaired) electrons. The molecule has 8 nitrogen and oxygen atoms in total. The number of amides is 1. The second-order valence-electron chi connectivity index (χ2n) is 21.2. The first kappa shape index (κ1) is 52.2. The molecule has 0 bridgehead atoms. The zero-order valence-electron chi connectivity index (χ0n) is 39.7. The Kier molecular flexibility index (Phi) is 23.2. The van der Waals surface area contributed by atoms with Crippen LogP contribution < -0.4 is 5.32 Å². The Balaban J connectivity index is 1.02. The Labute approximate surface area is 374 Å². The fourth-order valence-corrected chi connectivity index (χ4v) is 13.6. The maximum atomic E-state index is 12.9. The first-order valence-electron chi connectivity index (χ1n) is 26.0. The molecular formula is C52H93NO7S. The van der Waals surface area contributed by atoms with E-state index in [2.05, 4.69) is 45.2 Å². The van der Waals surface area contributed by atoms with Crippen molar-refractivity contribution in [3.05, 3.63) is 12.2 Å². The van der Waals surface area contributed by atoms with Gasteiger partial charge in [0.2, 0.25) is 5.91 Å². The van der Waals surface area contributed by atoms with Crippen molar-refractivity contribution >= 4 is 22.0 Å². The maximum absolute atomic E-state index is 12.9. The third-order valence-electron chi connectivity index (χ3n) is 16.9. The van der Waals surface area contributed by atoms with Gasteiger partial charge in [-0.25, -0.2) is 0 Å². The van der Waals surface area contributed by atoms with Gasteiger partial charge in [-0.1, -0.05) is 143 Å². The van der Waals surface area contributed by atoms with Crippen LogP contribution in [0.3, 0.4) is 0 Å². The van der Waals surface area contributed by atoms with Crippen LogP contribution in [0.25, 0.3) is 0 Å². The van der Waals surface area contributed by atoms with Crippen molar-refractivity contribution in [2.75, 3.05) is 12.3 Å². The van der Waals surface area contributed by atoms with Crippen LogP contribution in [-0.2, 0) is 24.4 Å². The summed E-state index contributed by atoms with van der Waals surface area (Å²) in [6, 6.07) is 0. The predicted molar refractivity (Wildman–Crippen MR) is 251 cm³/mol. The highest BCUT2D eigenvalue weighted by Crippen LogP contribution is 2.68. The van der Waals surface area contributed by atoms with Gasteiger partial charge in [-0.15, -0.1) is 0 Å². The molecule has 0 saturated heterocycles. The van der Waals surface area contributed by atoms with E-state index < -0.39 is 15.9 Å². The fraction of sp³-hybridized carbons (Fsp3) is 0.923. The van der Waals surface area contributed by atoms with Crippen molar-refractivity contribution < 1.29 is 32.4 Å². The molecule has 3 N–H and O–H groups in total. The van der Waals surface area contributed by atoms with E-state index in [1.165, 1.54) is 135 Å². The van der Waals surface area contributed by atoms with E-state index in [9.17, 15) is 23.1 Å². The molecule has 9 heteroatoms. The number of aliphatic hydroxyl groups is 1. The van der Waals surface area contributed by atoms with Gasteiger partial charge in [0.1, 0.15) is 6.10 Å². The molecular weight excluding hydrogens is 783 g/mol. The summed E-state index contributed by atoms with van der Waals surface area (Å²) >= 11 is 0. The van der Waals surface area contributed by atoms with Gasteiger partial charge in [-0.2, -0.15) is 8.42 Å². The van der Waals surface area contributed by atoms with Crippen LogP contribution in [-0.4, -0.2) is 54.5 Å². The molecule has 0 heterocycles. The zero-order valence-corrected chi connectivity index (χ0v) is 40.5. The summed E-state index contributed by atoms with van der Waals surface area (Å²) in [4.78, 5) is 25.4. The topological polar surface area (TPSA) is 130 Å². The molecule has 10 atom stereocenters. The lowest BCUT2D eigenvalue weighted by molar-refractivity contribution is -0.181. The standard InChI is InChI=1S/C52H93NO7S/c1-5-6-7-8-9-10-11-12-13-14-15-16-17-18-19-20-21-22-23-24-25-26-27-28-50(56)60-43-35-36-51(3)42(39-43)30-31-44-46-33-32-45(52(46,4)48(54)40-47(44)51)41(2)29-34-49(55)53-37-38-61(57,58)59/h14-15,41-48,54H,5-13,16-40H2,1-4H3,(H,53,55)(H,57,58,59)/b15-14-. The second-order valence-corrected chi connectivity index (χ2v) is 22.7. The van der Waals surface area contributed by atoms with Gasteiger partial charge in [0.25, 0.3) is 10.1 Å². The molecule has 0 aliphatic heterocycles. The normalized spacial score (nSPS) is 30.4. The van der Waals surface area contributed by atoms with Gasteiger partial charge in [0.05, 0.1) is 11.9 Å². The Morgan fingerprint density at radius 1 is 0.738 bits per heavy atom. The van der Waals surface area contributed by atoms with Gasteiger partial charge >= 0.3 is 5.97 Å². The van der Waals surface area contributed by atoms with E-state index in [0.717, 1.165) is 51.4 Å². The molecule has 4 rings (SSSR count). The number of carbonyl (C=O) groups excluding carboxylic acids is 2. The number of unbranched alkanes of at least 4 members (excludes halogenated alkanes) is 19. The molecule has 0 aromatic carbocycles. The Morgan fingerprint density at radius 3 is 1.90 bits per heavy atom. The van der Waals surface area contributed by atoms with Crippen LogP contribution in [0.2, 0.25) is 0 Å². The average molecular weight is 876 g/mol. The van der Waals surface area contributed by atoms with E-state index in [-0.39, 0.29) is 47.4 Å². The fourth-order valence-electron chi connectivity index (χ4n) is 13.2. The van der Waals surface area contributed by atoms with Gasteiger partial charge in [0.15, 0.2) is 0 Å². The molecule has 4 fully saturated rings. The summed E-state index contributed by atoms with van der Waals surface area (Å²) in [6.45, 7) is 9.22. The third kappa shape index (κ3) is 16.8. The highest BCUT2D eigenvalue weighted by Gasteiger charge is 2.63. The zero-order chi connectivity index (χ0) is 44.1. The van der Waals surface area contributed by atoms with Crippen LogP contribution >= 0.6 is 0 Å². The SMILES string of the molecule is CCCCCCCCCC/C=C\CCCCCCCCCCCCCC(=O)OC1CCC2(C)C(CCC3C2CC(O)C2(C)C(C(C)CCC(=O)NCCS(=O)(=O)O)CCC32)C1. The molecule has 1 amide bonds. The summed E-state index contributed by atoms with van der Waals surface area (Å²) in [5.74, 6) is 2.04. The lowest BCUT2D eigenvalue weighted by Crippen LogP contribution is -2.59. The van der Waals surface area contributed by atoms with Gasteiger partial charge in [0, 0.05) is 19.4 Å². The summed E-state index contributed by atoms with van der Waals surface area (Å²) in [7, 11) is -4.10. The van der Waals surface area contributed by atoms with Crippen LogP contribution in [0.5, 0.6) is 0 Å². The summed E-state index contributed by atoms with van der Waals surface area (Å²) in [5.41, 5.74) is 0.00294. The third-order valence-corrected chi connectivity index (χ3v) is 17.7. The van der Waals surface area contributed by atoms with Crippen molar-refractivity contribution in [1.82, 2.24) is 5.32 Å². The van der Waals surface area contributed by atoms with Crippen molar-refractivity contribution in [2.45, 2.75) is 245 Å². The quantitative estimate of drug-likeness (QED) is 0.0274. The number of ether oxygens (including phenoxy) is 1. The minimum absolute atomic E-state index is 0.00756. The Morgan fingerprint density at radius 2 is 1.31 bits per heavy atom. The molecule has 10 unspecified atom stereocenters. The summed E-state index contributed by atoms with van der Waals surface area (Å²) in [5, 5.41) is 14.6. The van der Waals surface area contributed by atoms with E-state index in [1.54, 1.807) is 0 Å². The number of hydrogen-bond acceptors (Lipinski definition) is 6. The summed E-state index contributed by atoms with van der Waals surface area (Å²) < 4.78 is 37.1. The average Bonchev–Trinajstić information content (AvgIpc) is 3.59.